The van der Waals surface area contributed by atoms with E-state index in [0.717, 1.165) is 23.9 Å². The first-order valence-corrected chi connectivity index (χ1v) is 8.09. The van der Waals surface area contributed by atoms with Gasteiger partial charge in [0.1, 0.15) is 0 Å². The minimum Gasteiger partial charge on any atom is -0.372 e. The Bertz CT molecular complexity index is 491. The maximum Gasteiger partial charge on any atom is 0.170 e. The second kappa shape index (κ2) is 6.20. The number of hydrogen-bond donors (Lipinski definition) is 2. The van der Waals surface area contributed by atoms with Crippen LogP contribution >= 0.6 is 12.2 Å². The van der Waals surface area contributed by atoms with Gasteiger partial charge in [-0.05, 0) is 63.2 Å². The molecule has 1 aromatic carbocycles. The maximum atomic E-state index is 5.78. The van der Waals surface area contributed by atoms with Gasteiger partial charge in [0.05, 0.1) is 12.2 Å². The number of thiocarbonyl (C=S) groups is 1. The summed E-state index contributed by atoms with van der Waals surface area (Å²) in [7, 11) is 0. The summed E-state index contributed by atoms with van der Waals surface area (Å²) in [6, 6.07) is 9.04. The summed E-state index contributed by atoms with van der Waals surface area (Å²) < 4.78 is 5.78. The van der Waals surface area contributed by atoms with Gasteiger partial charge in [-0.15, -0.1) is 0 Å². The van der Waals surface area contributed by atoms with Gasteiger partial charge in [-0.2, -0.15) is 0 Å². The number of rotatable bonds is 3. The maximum absolute atomic E-state index is 5.78. The molecule has 2 aliphatic rings. The average Bonchev–Trinajstić information content (AvgIpc) is 3.22. The molecular weight excluding hydrogens is 282 g/mol. The first kappa shape index (κ1) is 14.6. The van der Waals surface area contributed by atoms with Crippen molar-refractivity contribution in [3.8, 4) is 0 Å². The Hall–Kier alpha value is -1.33. The SMILES string of the molecule is CC1CN(c2ccc(NC(=S)NC3CC3)cc2)CC(C)O1. The third-order valence-corrected chi connectivity index (χ3v) is 4.04. The van der Waals surface area contributed by atoms with Crippen LogP contribution in [0.5, 0.6) is 0 Å². The molecule has 2 unspecified atom stereocenters. The molecule has 1 heterocycles. The van der Waals surface area contributed by atoms with E-state index in [4.69, 9.17) is 17.0 Å². The van der Waals surface area contributed by atoms with Crippen LogP contribution in [0.1, 0.15) is 26.7 Å². The summed E-state index contributed by atoms with van der Waals surface area (Å²) >= 11 is 5.29. The van der Waals surface area contributed by atoms with E-state index in [9.17, 15) is 0 Å². The number of hydrogen-bond acceptors (Lipinski definition) is 3. The van der Waals surface area contributed by atoms with Gasteiger partial charge in [0.15, 0.2) is 5.11 Å². The van der Waals surface area contributed by atoms with Gasteiger partial charge < -0.3 is 20.3 Å². The molecule has 4 nitrogen and oxygen atoms in total. The fourth-order valence-corrected chi connectivity index (χ4v) is 3.01. The van der Waals surface area contributed by atoms with E-state index in [2.05, 4.69) is 53.6 Å². The summed E-state index contributed by atoms with van der Waals surface area (Å²) in [6.07, 6.45) is 3.02. The van der Waals surface area contributed by atoms with Gasteiger partial charge in [-0.25, -0.2) is 0 Å². The summed E-state index contributed by atoms with van der Waals surface area (Å²) in [4.78, 5) is 2.38. The third kappa shape index (κ3) is 4.08. The molecule has 5 heteroatoms. The Morgan fingerprint density at radius 2 is 1.76 bits per heavy atom. The molecule has 2 fully saturated rings. The lowest BCUT2D eigenvalue weighted by atomic mass is 10.2. The summed E-state index contributed by atoms with van der Waals surface area (Å²) in [6.45, 7) is 6.14. The molecule has 2 atom stereocenters. The second-order valence-corrected chi connectivity index (χ2v) is 6.49. The molecule has 21 heavy (non-hydrogen) atoms. The highest BCUT2D eigenvalue weighted by atomic mass is 32.1. The van der Waals surface area contributed by atoms with E-state index >= 15 is 0 Å². The summed E-state index contributed by atoms with van der Waals surface area (Å²) in [5.74, 6) is 0. The predicted molar refractivity (Wildman–Crippen MR) is 91.0 cm³/mol. The van der Waals surface area contributed by atoms with E-state index in [0.29, 0.717) is 6.04 Å². The Morgan fingerprint density at radius 3 is 2.33 bits per heavy atom. The topological polar surface area (TPSA) is 36.5 Å². The monoisotopic (exact) mass is 305 g/mol. The fraction of sp³-hybridized carbons (Fsp3) is 0.562. The van der Waals surface area contributed by atoms with Crippen molar-refractivity contribution < 1.29 is 4.74 Å². The minimum atomic E-state index is 0.280. The van der Waals surface area contributed by atoms with Gasteiger partial charge in [-0.1, -0.05) is 0 Å². The Labute approximate surface area is 131 Å². The molecule has 0 aromatic heterocycles. The van der Waals surface area contributed by atoms with E-state index in [-0.39, 0.29) is 12.2 Å². The Balaban J connectivity index is 1.59. The van der Waals surface area contributed by atoms with E-state index in [1.807, 2.05) is 0 Å². The normalized spacial score (nSPS) is 25.5. The van der Waals surface area contributed by atoms with Gasteiger partial charge >= 0.3 is 0 Å². The Morgan fingerprint density at radius 1 is 1.14 bits per heavy atom. The highest BCUT2D eigenvalue weighted by molar-refractivity contribution is 7.80. The smallest absolute Gasteiger partial charge is 0.170 e. The summed E-state index contributed by atoms with van der Waals surface area (Å²) in [5.41, 5.74) is 2.27. The van der Waals surface area contributed by atoms with E-state index in [1.165, 1.54) is 18.5 Å². The van der Waals surface area contributed by atoms with Crippen LogP contribution in [0.15, 0.2) is 24.3 Å². The quantitative estimate of drug-likeness (QED) is 0.840. The molecule has 1 saturated carbocycles. The largest absolute Gasteiger partial charge is 0.372 e. The van der Waals surface area contributed by atoms with Crippen molar-refractivity contribution in [2.24, 2.45) is 0 Å². The van der Waals surface area contributed by atoms with Crippen LogP contribution in [0.25, 0.3) is 0 Å². The molecule has 1 aliphatic carbocycles. The van der Waals surface area contributed by atoms with Crippen LogP contribution in [-0.4, -0.2) is 36.5 Å². The standard InChI is InChI=1S/C16H23N3OS/c1-11-9-19(10-12(2)20-11)15-7-5-14(6-8-15)18-16(21)17-13-3-4-13/h5-8,11-13H,3-4,9-10H2,1-2H3,(H2,17,18,21). The molecule has 1 aliphatic heterocycles. The molecule has 1 saturated heterocycles. The predicted octanol–water partition coefficient (Wildman–Crippen LogP) is 2.75. The molecule has 3 rings (SSSR count). The number of nitrogens with zero attached hydrogens (tertiary/aromatic N) is 1. The van der Waals surface area contributed by atoms with Gasteiger partial charge in [-0.3, -0.25) is 0 Å². The van der Waals surface area contributed by atoms with Crippen LogP contribution in [0.2, 0.25) is 0 Å². The average molecular weight is 305 g/mol. The van der Waals surface area contributed by atoms with Gasteiger partial charge in [0.2, 0.25) is 0 Å². The number of benzene rings is 1. The summed E-state index contributed by atoms with van der Waals surface area (Å²) in [5, 5.41) is 7.24. The van der Waals surface area contributed by atoms with Crippen molar-refractivity contribution in [2.75, 3.05) is 23.3 Å². The highest BCUT2D eigenvalue weighted by Gasteiger charge is 2.23. The zero-order valence-electron chi connectivity index (χ0n) is 12.6. The highest BCUT2D eigenvalue weighted by Crippen LogP contribution is 2.23. The van der Waals surface area contributed by atoms with Gasteiger partial charge in [0, 0.05) is 30.5 Å². The van der Waals surface area contributed by atoms with E-state index < -0.39 is 0 Å². The number of nitrogens with one attached hydrogen (secondary N) is 2. The second-order valence-electron chi connectivity index (χ2n) is 6.08. The molecule has 0 bridgehead atoms. The zero-order valence-corrected chi connectivity index (χ0v) is 13.5. The molecule has 0 spiro atoms. The van der Waals surface area contributed by atoms with E-state index in [1.54, 1.807) is 0 Å². The van der Waals surface area contributed by atoms with Crippen LogP contribution in [0.3, 0.4) is 0 Å². The van der Waals surface area contributed by atoms with Gasteiger partial charge in [0.25, 0.3) is 0 Å². The molecule has 0 amide bonds. The number of ether oxygens (including phenoxy) is 1. The molecule has 1 aromatic rings. The van der Waals surface area contributed by atoms with Crippen molar-refractivity contribution >= 4 is 28.7 Å². The van der Waals surface area contributed by atoms with Crippen molar-refractivity contribution in [1.29, 1.82) is 0 Å². The van der Waals surface area contributed by atoms with Crippen LogP contribution in [0.4, 0.5) is 11.4 Å². The zero-order chi connectivity index (χ0) is 14.8. The lowest BCUT2D eigenvalue weighted by Gasteiger charge is -2.36. The molecule has 0 radical (unpaired) electrons. The first-order chi connectivity index (χ1) is 10.1. The van der Waals surface area contributed by atoms with Crippen molar-refractivity contribution in [3.63, 3.8) is 0 Å². The van der Waals surface area contributed by atoms with Crippen molar-refractivity contribution in [2.45, 2.75) is 44.9 Å². The van der Waals surface area contributed by atoms with Crippen LogP contribution < -0.4 is 15.5 Å². The molecule has 114 valence electrons. The van der Waals surface area contributed by atoms with Crippen molar-refractivity contribution in [3.05, 3.63) is 24.3 Å². The fourth-order valence-electron chi connectivity index (χ4n) is 2.72. The lowest BCUT2D eigenvalue weighted by Crippen LogP contribution is -2.45. The van der Waals surface area contributed by atoms with Crippen LogP contribution in [0, 0.1) is 0 Å². The number of anilines is 2. The Kier molecular flexibility index (Phi) is 4.31. The van der Waals surface area contributed by atoms with Crippen molar-refractivity contribution in [1.82, 2.24) is 5.32 Å². The number of morpholine rings is 1. The molecule has 2 N–H and O–H groups in total. The lowest BCUT2D eigenvalue weighted by molar-refractivity contribution is -0.00521. The minimum absolute atomic E-state index is 0.280. The third-order valence-electron chi connectivity index (χ3n) is 3.82. The first-order valence-electron chi connectivity index (χ1n) is 7.68. The molecular formula is C16H23N3OS. The van der Waals surface area contributed by atoms with Crippen LogP contribution in [-0.2, 0) is 4.74 Å².